The molecule has 0 bridgehead atoms. The average Bonchev–Trinajstić information content (AvgIpc) is 2.19. The van der Waals surface area contributed by atoms with E-state index in [1.165, 1.54) is 0 Å². The van der Waals surface area contributed by atoms with E-state index in [0.717, 1.165) is 19.3 Å². The van der Waals surface area contributed by atoms with Crippen LogP contribution in [0.3, 0.4) is 0 Å². The van der Waals surface area contributed by atoms with Gasteiger partial charge in [-0.15, -0.1) is 0 Å². The summed E-state index contributed by atoms with van der Waals surface area (Å²) >= 11 is 0. The van der Waals surface area contributed by atoms with Crippen molar-refractivity contribution in [2.24, 2.45) is 0 Å². The molecule has 1 aliphatic rings. The van der Waals surface area contributed by atoms with E-state index in [0.29, 0.717) is 6.61 Å². The predicted molar refractivity (Wildman–Crippen MR) is 57.2 cm³/mol. The molecule has 0 spiro atoms. The van der Waals surface area contributed by atoms with E-state index < -0.39 is 5.60 Å². The lowest BCUT2D eigenvalue weighted by atomic mass is 10.0. The monoisotopic (exact) mass is 210 g/mol. The Morgan fingerprint density at radius 2 is 2.20 bits per heavy atom. The first-order valence-electron chi connectivity index (χ1n) is 5.33. The fourth-order valence-electron chi connectivity index (χ4n) is 1.45. The third kappa shape index (κ3) is 3.65. The van der Waals surface area contributed by atoms with Crippen molar-refractivity contribution in [2.45, 2.75) is 51.9 Å². The molecule has 15 heavy (non-hydrogen) atoms. The zero-order valence-corrected chi connectivity index (χ0v) is 9.63. The molecule has 1 rings (SSSR count). The third-order valence-electron chi connectivity index (χ3n) is 2.35. The zero-order valence-electron chi connectivity index (χ0n) is 9.63. The SMILES string of the molecule is CC#CC(=O)C(C)(C)OC1CCCCO1. The molecule has 1 saturated heterocycles. The molecular weight excluding hydrogens is 192 g/mol. The minimum Gasteiger partial charge on any atom is -0.353 e. The summed E-state index contributed by atoms with van der Waals surface area (Å²) in [6.45, 7) is 5.83. The number of carbonyl (C=O) groups excluding carboxylic acids is 1. The van der Waals surface area contributed by atoms with E-state index in [4.69, 9.17) is 9.47 Å². The molecule has 0 radical (unpaired) electrons. The van der Waals surface area contributed by atoms with Crippen molar-refractivity contribution in [3.8, 4) is 11.8 Å². The first-order valence-corrected chi connectivity index (χ1v) is 5.33. The Labute approximate surface area is 91.1 Å². The molecule has 1 atom stereocenters. The molecule has 84 valence electrons. The van der Waals surface area contributed by atoms with Gasteiger partial charge in [0.05, 0.1) is 0 Å². The first-order chi connectivity index (χ1) is 7.06. The summed E-state index contributed by atoms with van der Waals surface area (Å²) < 4.78 is 11.0. The number of ether oxygens (including phenoxy) is 2. The van der Waals surface area contributed by atoms with Crippen molar-refractivity contribution in [3.05, 3.63) is 0 Å². The van der Waals surface area contributed by atoms with Crippen LogP contribution in [0.25, 0.3) is 0 Å². The largest absolute Gasteiger partial charge is 0.353 e. The molecule has 0 aromatic heterocycles. The summed E-state index contributed by atoms with van der Waals surface area (Å²) in [4.78, 5) is 11.6. The lowest BCUT2D eigenvalue weighted by Gasteiger charge is -2.30. The van der Waals surface area contributed by atoms with Crippen molar-refractivity contribution < 1.29 is 14.3 Å². The Morgan fingerprint density at radius 3 is 2.73 bits per heavy atom. The summed E-state index contributed by atoms with van der Waals surface area (Å²) in [7, 11) is 0. The van der Waals surface area contributed by atoms with E-state index in [1.807, 2.05) is 0 Å². The summed E-state index contributed by atoms with van der Waals surface area (Å²) in [5.41, 5.74) is -0.870. The molecule has 0 aromatic carbocycles. The second kappa shape index (κ2) is 5.29. The molecule has 3 heteroatoms. The number of Topliss-reactive ketones (excluding diaryl/α,β-unsaturated/α-hetero) is 1. The van der Waals surface area contributed by atoms with Gasteiger partial charge in [-0.3, -0.25) is 4.79 Å². The maximum absolute atomic E-state index is 11.6. The van der Waals surface area contributed by atoms with Gasteiger partial charge in [-0.1, -0.05) is 5.92 Å². The molecular formula is C12H18O3. The Hall–Kier alpha value is -0.850. The minimum atomic E-state index is -0.870. The van der Waals surface area contributed by atoms with Crippen LogP contribution in [0.2, 0.25) is 0 Å². The van der Waals surface area contributed by atoms with E-state index in [9.17, 15) is 4.79 Å². The number of hydrogen-bond acceptors (Lipinski definition) is 3. The Kier molecular flexibility index (Phi) is 4.31. The molecule has 0 amide bonds. The Balaban J connectivity index is 2.52. The molecule has 0 aliphatic carbocycles. The van der Waals surface area contributed by atoms with Gasteiger partial charge in [0.15, 0.2) is 6.29 Å². The maximum atomic E-state index is 11.6. The van der Waals surface area contributed by atoms with E-state index in [-0.39, 0.29) is 12.1 Å². The van der Waals surface area contributed by atoms with Gasteiger partial charge in [0.25, 0.3) is 0 Å². The highest BCUT2D eigenvalue weighted by Crippen LogP contribution is 2.21. The summed E-state index contributed by atoms with van der Waals surface area (Å²) in [6, 6.07) is 0. The minimum absolute atomic E-state index is 0.195. The van der Waals surface area contributed by atoms with Crippen LogP contribution in [0.5, 0.6) is 0 Å². The smallest absolute Gasteiger partial charge is 0.236 e. The maximum Gasteiger partial charge on any atom is 0.236 e. The van der Waals surface area contributed by atoms with Crippen molar-refractivity contribution in [1.82, 2.24) is 0 Å². The van der Waals surface area contributed by atoms with Gasteiger partial charge in [-0.2, -0.15) is 0 Å². The van der Waals surface area contributed by atoms with Crippen molar-refractivity contribution >= 4 is 5.78 Å². The van der Waals surface area contributed by atoms with Gasteiger partial charge in [-0.05, 0) is 46.0 Å². The van der Waals surface area contributed by atoms with Crippen LogP contribution in [-0.2, 0) is 14.3 Å². The molecule has 0 N–H and O–H groups in total. The predicted octanol–water partition coefficient (Wildman–Crippen LogP) is 1.90. The summed E-state index contributed by atoms with van der Waals surface area (Å²) in [5.74, 6) is 4.90. The molecule has 0 saturated carbocycles. The third-order valence-corrected chi connectivity index (χ3v) is 2.35. The highest BCUT2D eigenvalue weighted by Gasteiger charge is 2.31. The molecule has 0 aromatic rings. The second-order valence-corrected chi connectivity index (χ2v) is 4.13. The molecule has 1 fully saturated rings. The van der Waals surface area contributed by atoms with Gasteiger partial charge < -0.3 is 9.47 Å². The number of hydrogen-bond donors (Lipinski definition) is 0. The van der Waals surface area contributed by atoms with Crippen LogP contribution in [0.1, 0.15) is 40.0 Å². The molecule has 1 aliphatic heterocycles. The lowest BCUT2D eigenvalue weighted by Crippen LogP contribution is -2.40. The van der Waals surface area contributed by atoms with Crippen LogP contribution in [0, 0.1) is 11.8 Å². The number of carbonyl (C=O) groups is 1. The molecule has 3 nitrogen and oxygen atoms in total. The van der Waals surface area contributed by atoms with Gasteiger partial charge in [0, 0.05) is 6.61 Å². The van der Waals surface area contributed by atoms with E-state index >= 15 is 0 Å². The Bertz CT molecular complexity index is 277. The van der Waals surface area contributed by atoms with E-state index in [2.05, 4.69) is 11.8 Å². The first kappa shape index (κ1) is 12.2. The fourth-order valence-corrected chi connectivity index (χ4v) is 1.45. The van der Waals surface area contributed by atoms with Crippen LogP contribution in [-0.4, -0.2) is 24.3 Å². The number of rotatable bonds is 3. The van der Waals surface area contributed by atoms with Gasteiger partial charge >= 0.3 is 0 Å². The topological polar surface area (TPSA) is 35.5 Å². The highest BCUT2D eigenvalue weighted by molar-refractivity contribution is 6.01. The Morgan fingerprint density at radius 1 is 1.47 bits per heavy atom. The fraction of sp³-hybridized carbons (Fsp3) is 0.750. The second-order valence-electron chi connectivity index (χ2n) is 4.13. The number of ketones is 1. The molecule has 1 unspecified atom stereocenters. The van der Waals surface area contributed by atoms with E-state index in [1.54, 1.807) is 20.8 Å². The summed E-state index contributed by atoms with van der Waals surface area (Å²) in [5, 5.41) is 0. The van der Waals surface area contributed by atoms with Crippen LogP contribution in [0.4, 0.5) is 0 Å². The highest BCUT2D eigenvalue weighted by atomic mass is 16.7. The van der Waals surface area contributed by atoms with Crippen molar-refractivity contribution in [3.63, 3.8) is 0 Å². The zero-order chi connectivity index (χ0) is 11.3. The van der Waals surface area contributed by atoms with Crippen LogP contribution >= 0.6 is 0 Å². The average molecular weight is 210 g/mol. The normalized spacial score (nSPS) is 21.7. The van der Waals surface area contributed by atoms with Crippen LogP contribution in [0.15, 0.2) is 0 Å². The quantitative estimate of drug-likeness (QED) is 0.527. The lowest BCUT2D eigenvalue weighted by molar-refractivity contribution is -0.211. The standard InChI is InChI=1S/C12H18O3/c1-4-7-10(13)12(2,3)15-11-8-5-6-9-14-11/h11H,5-6,8-9H2,1-3H3. The van der Waals surface area contributed by atoms with Gasteiger partial charge in [0.1, 0.15) is 5.60 Å². The van der Waals surface area contributed by atoms with Crippen molar-refractivity contribution in [2.75, 3.05) is 6.61 Å². The van der Waals surface area contributed by atoms with Gasteiger partial charge in [0.2, 0.25) is 5.78 Å². The summed E-state index contributed by atoms with van der Waals surface area (Å²) in [6.07, 6.45) is 2.77. The van der Waals surface area contributed by atoms with Gasteiger partial charge in [-0.25, -0.2) is 0 Å². The van der Waals surface area contributed by atoms with Crippen LogP contribution < -0.4 is 0 Å². The van der Waals surface area contributed by atoms with Crippen molar-refractivity contribution in [1.29, 1.82) is 0 Å². The molecule has 1 heterocycles.